The standard InChI is InChI=1S/C13H19FN2O/c1-16(13(17)8-4-5-9-15)10-11-6-2-3-7-12(11)14/h2-3,6-7H,4-5,8-10,15H2,1H3. The van der Waals surface area contributed by atoms with E-state index in [0.29, 0.717) is 25.1 Å². The van der Waals surface area contributed by atoms with Gasteiger partial charge in [0.1, 0.15) is 5.82 Å². The molecule has 0 fully saturated rings. The van der Waals surface area contributed by atoms with Crippen LogP contribution in [-0.4, -0.2) is 24.4 Å². The van der Waals surface area contributed by atoms with Gasteiger partial charge in [0.05, 0.1) is 0 Å². The van der Waals surface area contributed by atoms with Crippen molar-refractivity contribution in [3.8, 4) is 0 Å². The third-order valence-electron chi connectivity index (χ3n) is 2.64. The molecule has 4 heteroatoms. The second-order valence-electron chi connectivity index (χ2n) is 4.09. The van der Waals surface area contributed by atoms with Gasteiger partial charge in [0.15, 0.2) is 0 Å². The molecule has 1 aromatic carbocycles. The lowest BCUT2D eigenvalue weighted by molar-refractivity contribution is -0.130. The first kappa shape index (κ1) is 13.6. The zero-order valence-corrected chi connectivity index (χ0v) is 10.2. The van der Waals surface area contributed by atoms with Gasteiger partial charge in [-0.2, -0.15) is 0 Å². The molecule has 2 N–H and O–H groups in total. The average molecular weight is 238 g/mol. The summed E-state index contributed by atoms with van der Waals surface area (Å²) in [7, 11) is 1.69. The molecule has 0 saturated heterocycles. The number of hydrogen-bond donors (Lipinski definition) is 1. The first-order valence-corrected chi connectivity index (χ1v) is 5.82. The van der Waals surface area contributed by atoms with Crippen LogP contribution in [0.4, 0.5) is 4.39 Å². The molecule has 1 aromatic rings. The molecule has 1 amide bonds. The minimum atomic E-state index is -0.269. The average Bonchev–Trinajstić information content (AvgIpc) is 2.32. The SMILES string of the molecule is CN(Cc1ccccc1F)C(=O)CCCCN. The van der Waals surface area contributed by atoms with Gasteiger partial charge in [0, 0.05) is 25.6 Å². The Labute approximate surface area is 101 Å². The van der Waals surface area contributed by atoms with Crippen LogP contribution in [0.15, 0.2) is 24.3 Å². The highest BCUT2D eigenvalue weighted by atomic mass is 19.1. The number of halogens is 1. The molecule has 0 aromatic heterocycles. The lowest BCUT2D eigenvalue weighted by Crippen LogP contribution is -2.26. The summed E-state index contributed by atoms with van der Waals surface area (Å²) in [5, 5.41) is 0. The van der Waals surface area contributed by atoms with E-state index in [1.54, 1.807) is 30.1 Å². The monoisotopic (exact) mass is 238 g/mol. The summed E-state index contributed by atoms with van der Waals surface area (Å²) in [6.07, 6.45) is 2.11. The van der Waals surface area contributed by atoms with Gasteiger partial charge in [-0.15, -0.1) is 0 Å². The molecule has 17 heavy (non-hydrogen) atoms. The van der Waals surface area contributed by atoms with Crippen LogP contribution < -0.4 is 5.73 Å². The third kappa shape index (κ3) is 4.53. The second kappa shape index (κ2) is 7.01. The number of nitrogens with zero attached hydrogens (tertiary/aromatic N) is 1. The zero-order chi connectivity index (χ0) is 12.7. The Bertz CT molecular complexity index is 368. The Morgan fingerprint density at radius 2 is 2.06 bits per heavy atom. The fourth-order valence-corrected chi connectivity index (χ4v) is 1.58. The van der Waals surface area contributed by atoms with Crippen LogP contribution >= 0.6 is 0 Å². The Kier molecular flexibility index (Phi) is 5.63. The number of amides is 1. The lowest BCUT2D eigenvalue weighted by atomic mass is 10.2. The molecule has 0 heterocycles. The van der Waals surface area contributed by atoms with Crippen molar-refractivity contribution >= 4 is 5.91 Å². The molecular formula is C13H19FN2O. The van der Waals surface area contributed by atoms with Crippen molar-refractivity contribution in [1.82, 2.24) is 4.90 Å². The van der Waals surface area contributed by atoms with Crippen LogP contribution in [-0.2, 0) is 11.3 Å². The predicted octanol–water partition coefficient (Wildman–Crippen LogP) is 1.91. The fraction of sp³-hybridized carbons (Fsp3) is 0.462. The van der Waals surface area contributed by atoms with Crippen LogP contribution in [0.5, 0.6) is 0 Å². The Balaban J connectivity index is 2.46. The van der Waals surface area contributed by atoms with Gasteiger partial charge in [-0.1, -0.05) is 18.2 Å². The Morgan fingerprint density at radius 1 is 1.35 bits per heavy atom. The minimum Gasteiger partial charge on any atom is -0.341 e. The highest BCUT2D eigenvalue weighted by molar-refractivity contribution is 5.75. The fourth-order valence-electron chi connectivity index (χ4n) is 1.58. The number of nitrogens with two attached hydrogens (primary N) is 1. The van der Waals surface area contributed by atoms with Gasteiger partial charge in [0.2, 0.25) is 5.91 Å². The van der Waals surface area contributed by atoms with Gasteiger partial charge in [0.25, 0.3) is 0 Å². The molecule has 0 radical (unpaired) electrons. The van der Waals surface area contributed by atoms with E-state index in [4.69, 9.17) is 5.73 Å². The maximum Gasteiger partial charge on any atom is 0.222 e. The topological polar surface area (TPSA) is 46.3 Å². The molecule has 0 aliphatic carbocycles. The molecule has 94 valence electrons. The summed E-state index contributed by atoms with van der Waals surface area (Å²) in [6.45, 7) is 0.915. The van der Waals surface area contributed by atoms with Crippen LogP contribution in [0.2, 0.25) is 0 Å². The van der Waals surface area contributed by atoms with Crippen LogP contribution in [0, 0.1) is 5.82 Å². The number of rotatable bonds is 6. The Hall–Kier alpha value is -1.42. The summed E-state index contributed by atoms with van der Waals surface area (Å²) >= 11 is 0. The zero-order valence-electron chi connectivity index (χ0n) is 10.2. The summed E-state index contributed by atoms with van der Waals surface area (Å²) < 4.78 is 13.4. The van der Waals surface area contributed by atoms with E-state index in [2.05, 4.69) is 0 Å². The van der Waals surface area contributed by atoms with Gasteiger partial charge < -0.3 is 10.6 Å². The normalized spacial score (nSPS) is 10.3. The highest BCUT2D eigenvalue weighted by Gasteiger charge is 2.10. The first-order chi connectivity index (χ1) is 8.15. The molecule has 0 aliphatic rings. The van der Waals surface area contributed by atoms with Crippen molar-refractivity contribution in [3.05, 3.63) is 35.6 Å². The molecule has 0 spiro atoms. The van der Waals surface area contributed by atoms with E-state index in [9.17, 15) is 9.18 Å². The van der Waals surface area contributed by atoms with Crippen LogP contribution in [0.25, 0.3) is 0 Å². The molecule has 0 aliphatic heterocycles. The number of benzene rings is 1. The smallest absolute Gasteiger partial charge is 0.222 e. The number of hydrogen-bond acceptors (Lipinski definition) is 2. The minimum absolute atomic E-state index is 0.0294. The summed E-state index contributed by atoms with van der Waals surface area (Å²) in [6, 6.07) is 6.51. The van der Waals surface area contributed by atoms with Crippen molar-refractivity contribution in [2.75, 3.05) is 13.6 Å². The molecular weight excluding hydrogens is 219 g/mol. The van der Waals surface area contributed by atoms with Crippen molar-refractivity contribution < 1.29 is 9.18 Å². The van der Waals surface area contributed by atoms with Gasteiger partial charge >= 0.3 is 0 Å². The van der Waals surface area contributed by atoms with E-state index in [1.165, 1.54) is 6.07 Å². The molecule has 1 rings (SSSR count). The van der Waals surface area contributed by atoms with E-state index < -0.39 is 0 Å². The molecule has 3 nitrogen and oxygen atoms in total. The second-order valence-corrected chi connectivity index (χ2v) is 4.09. The van der Waals surface area contributed by atoms with E-state index in [0.717, 1.165) is 12.8 Å². The van der Waals surface area contributed by atoms with Crippen LogP contribution in [0.1, 0.15) is 24.8 Å². The quantitative estimate of drug-likeness (QED) is 0.769. The van der Waals surface area contributed by atoms with Gasteiger partial charge in [-0.3, -0.25) is 4.79 Å². The van der Waals surface area contributed by atoms with Gasteiger partial charge in [-0.05, 0) is 25.5 Å². The predicted molar refractivity (Wildman–Crippen MR) is 65.8 cm³/mol. The van der Waals surface area contributed by atoms with E-state index in [-0.39, 0.29) is 11.7 Å². The van der Waals surface area contributed by atoms with Crippen molar-refractivity contribution in [2.45, 2.75) is 25.8 Å². The van der Waals surface area contributed by atoms with E-state index >= 15 is 0 Å². The summed E-state index contributed by atoms with van der Waals surface area (Å²) in [5.41, 5.74) is 5.90. The van der Waals surface area contributed by atoms with Crippen LogP contribution in [0.3, 0.4) is 0 Å². The maximum atomic E-state index is 13.4. The number of unbranched alkanes of at least 4 members (excludes halogenated alkanes) is 1. The summed E-state index contributed by atoms with van der Waals surface area (Å²) in [4.78, 5) is 13.2. The van der Waals surface area contributed by atoms with Crippen molar-refractivity contribution in [1.29, 1.82) is 0 Å². The number of carbonyl (C=O) groups excluding carboxylic acids is 1. The first-order valence-electron chi connectivity index (χ1n) is 5.82. The molecule has 0 atom stereocenters. The third-order valence-corrected chi connectivity index (χ3v) is 2.64. The molecule has 0 unspecified atom stereocenters. The van der Waals surface area contributed by atoms with Crippen molar-refractivity contribution in [2.24, 2.45) is 5.73 Å². The van der Waals surface area contributed by atoms with Gasteiger partial charge in [-0.25, -0.2) is 4.39 Å². The maximum absolute atomic E-state index is 13.4. The molecule has 0 bridgehead atoms. The lowest BCUT2D eigenvalue weighted by Gasteiger charge is -2.17. The highest BCUT2D eigenvalue weighted by Crippen LogP contribution is 2.10. The largest absolute Gasteiger partial charge is 0.341 e. The Morgan fingerprint density at radius 3 is 2.71 bits per heavy atom. The molecule has 0 saturated carbocycles. The van der Waals surface area contributed by atoms with Crippen molar-refractivity contribution in [3.63, 3.8) is 0 Å². The summed E-state index contributed by atoms with van der Waals surface area (Å²) in [5.74, 6) is -0.240. The number of carbonyl (C=O) groups is 1. The van der Waals surface area contributed by atoms with E-state index in [1.807, 2.05) is 0 Å².